The monoisotopic (exact) mass is 269 g/mol. The van der Waals surface area contributed by atoms with Crippen molar-refractivity contribution in [2.24, 2.45) is 7.05 Å². The highest BCUT2D eigenvalue weighted by molar-refractivity contribution is 5.22. The van der Waals surface area contributed by atoms with Crippen LogP contribution in [0.25, 0.3) is 0 Å². The normalized spacial score (nSPS) is 19.1. The van der Waals surface area contributed by atoms with Crippen LogP contribution in [-0.2, 0) is 26.6 Å². The first kappa shape index (κ1) is 12.0. The molecule has 0 bridgehead atoms. The van der Waals surface area contributed by atoms with Crippen molar-refractivity contribution in [3.8, 4) is 0 Å². The lowest BCUT2D eigenvalue weighted by atomic mass is 10.1. The Morgan fingerprint density at radius 3 is 2.95 bits per heavy atom. The van der Waals surface area contributed by atoms with E-state index in [1.54, 1.807) is 0 Å². The van der Waals surface area contributed by atoms with Gasteiger partial charge in [-0.15, -0.1) is 0 Å². The summed E-state index contributed by atoms with van der Waals surface area (Å²) in [5.74, 6) is 1.72. The molecule has 0 spiro atoms. The predicted octanol–water partition coefficient (Wildman–Crippen LogP) is 1.65. The summed E-state index contributed by atoms with van der Waals surface area (Å²) in [6.45, 7) is 2.96. The molecule has 5 heteroatoms. The molecule has 0 radical (unpaired) electrons. The minimum Gasteiger partial charge on any atom is -0.337 e. The highest BCUT2D eigenvalue weighted by Crippen LogP contribution is 2.38. The SMILES string of the molecule is Cn1cncc1CN1CCc2nc(C3CC3)ncc2C1. The maximum atomic E-state index is 4.77. The Morgan fingerprint density at radius 2 is 2.20 bits per heavy atom. The van der Waals surface area contributed by atoms with E-state index in [0.717, 1.165) is 31.9 Å². The molecule has 0 unspecified atom stereocenters. The molecule has 1 aliphatic carbocycles. The number of nitrogens with zero attached hydrogens (tertiary/aromatic N) is 5. The molecule has 0 aromatic carbocycles. The van der Waals surface area contributed by atoms with Gasteiger partial charge in [0.25, 0.3) is 0 Å². The molecule has 0 amide bonds. The Bertz CT molecular complexity index is 629. The van der Waals surface area contributed by atoms with E-state index in [1.807, 2.05) is 25.8 Å². The van der Waals surface area contributed by atoms with E-state index in [0.29, 0.717) is 5.92 Å². The molecule has 104 valence electrons. The second kappa shape index (κ2) is 4.66. The van der Waals surface area contributed by atoms with Crippen LogP contribution in [0.1, 0.15) is 41.5 Å². The van der Waals surface area contributed by atoms with Gasteiger partial charge in [0.05, 0.1) is 12.0 Å². The largest absolute Gasteiger partial charge is 0.337 e. The Balaban J connectivity index is 1.50. The molecule has 2 aliphatic rings. The van der Waals surface area contributed by atoms with Crippen molar-refractivity contribution in [3.63, 3.8) is 0 Å². The lowest BCUT2D eigenvalue weighted by Gasteiger charge is -2.28. The van der Waals surface area contributed by atoms with Gasteiger partial charge in [0.1, 0.15) is 5.82 Å². The molecule has 1 saturated carbocycles. The van der Waals surface area contributed by atoms with Crippen LogP contribution in [0.2, 0.25) is 0 Å². The number of imidazole rings is 1. The Kier molecular flexibility index (Phi) is 2.80. The summed E-state index contributed by atoms with van der Waals surface area (Å²) >= 11 is 0. The summed E-state index contributed by atoms with van der Waals surface area (Å²) in [6.07, 6.45) is 9.43. The van der Waals surface area contributed by atoms with Crippen LogP contribution in [0.4, 0.5) is 0 Å². The van der Waals surface area contributed by atoms with Crippen LogP contribution < -0.4 is 0 Å². The first-order chi connectivity index (χ1) is 9.79. The van der Waals surface area contributed by atoms with E-state index in [9.17, 15) is 0 Å². The minimum absolute atomic E-state index is 0.646. The summed E-state index contributed by atoms with van der Waals surface area (Å²) in [6, 6.07) is 0. The van der Waals surface area contributed by atoms with Gasteiger partial charge in [-0.1, -0.05) is 0 Å². The fourth-order valence-electron chi connectivity index (χ4n) is 2.83. The van der Waals surface area contributed by atoms with Crippen molar-refractivity contribution < 1.29 is 0 Å². The quantitative estimate of drug-likeness (QED) is 0.850. The molecular formula is C15H19N5. The Morgan fingerprint density at radius 1 is 1.30 bits per heavy atom. The maximum Gasteiger partial charge on any atom is 0.131 e. The van der Waals surface area contributed by atoms with Gasteiger partial charge in [0, 0.05) is 62.7 Å². The highest BCUT2D eigenvalue weighted by atomic mass is 15.2. The van der Waals surface area contributed by atoms with Crippen molar-refractivity contribution in [2.75, 3.05) is 6.54 Å². The fourth-order valence-corrected chi connectivity index (χ4v) is 2.83. The van der Waals surface area contributed by atoms with Gasteiger partial charge < -0.3 is 4.57 Å². The summed E-state index contributed by atoms with van der Waals surface area (Å²) in [5, 5.41) is 0. The number of aryl methyl sites for hydroxylation is 1. The van der Waals surface area contributed by atoms with Gasteiger partial charge in [0.15, 0.2) is 0 Å². The van der Waals surface area contributed by atoms with Gasteiger partial charge in [-0.2, -0.15) is 0 Å². The smallest absolute Gasteiger partial charge is 0.131 e. The summed E-state index contributed by atoms with van der Waals surface area (Å²) in [4.78, 5) is 15.9. The van der Waals surface area contributed by atoms with E-state index in [4.69, 9.17) is 4.98 Å². The zero-order valence-corrected chi connectivity index (χ0v) is 11.8. The molecular weight excluding hydrogens is 250 g/mol. The van der Waals surface area contributed by atoms with Crippen molar-refractivity contribution >= 4 is 0 Å². The zero-order valence-electron chi connectivity index (χ0n) is 11.8. The van der Waals surface area contributed by atoms with Crippen molar-refractivity contribution in [1.29, 1.82) is 0 Å². The van der Waals surface area contributed by atoms with E-state index in [1.165, 1.54) is 29.8 Å². The standard InChI is InChI=1S/C15H19N5/c1-19-10-16-7-13(19)9-20-5-4-14-12(8-20)6-17-15(18-14)11-2-3-11/h6-7,10-11H,2-5,8-9H2,1H3. The predicted molar refractivity (Wildman–Crippen MR) is 75.0 cm³/mol. The van der Waals surface area contributed by atoms with Crippen LogP contribution in [0.15, 0.2) is 18.7 Å². The first-order valence-corrected chi connectivity index (χ1v) is 7.32. The van der Waals surface area contributed by atoms with Crippen molar-refractivity contribution in [3.05, 3.63) is 41.5 Å². The third-order valence-corrected chi connectivity index (χ3v) is 4.28. The number of hydrogen-bond acceptors (Lipinski definition) is 4. The highest BCUT2D eigenvalue weighted by Gasteiger charge is 2.28. The number of fused-ring (bicyclic) bond motifs is 1. The molecule has 20 heavy (non-hydrogen) atoms. The molecule has 0 saturated heterocycles. The first-order valence-electron chi connectivity index (χ1n) is 7.32. The van der Waals surface area contributed by atoms with E-state index >= 15 is 0 Å². The second-order valence-corrected chi connectivity index (χ2v) is 5.93. The van der Waals surface area contributed by atoms with Gasteiger partial charge in [-0.3, -0.25) is 4.90 Å². The van der Waals surface area contributed by atoms with Crippen molar-refractivity contribution in [2.45, 2.75) is 38.3 Å². The molecule has 5 nitrogen and oxygen atoms in total. The third kappa shape index (κ3) is 2.22. The average Bonchev–Trinajstić information content (AvgIpc) is 3.24. The van der Waals surface area contributed by atoms with Gasteiger partial charge in [-0.05, 0) is 12.8 Å². The Labute approximate surface area is 118 Å². The van der Waals surface area contributed by atoms with E-state index in [2.05, 4.69) is 19.4 Å². The Hall–Kier alpha value is -1.75. The molecule has 4 rings (SSSR count). The van der Waals surface area contributed by atoms with Crippen molar-refractivity contribution in [1.82, 2.24) is 24.4 Å². The third-order valence-electron chi connectivity index (χ3n) is 4.28. The number of hydrogen-bond donors (Lipinski definition) is 0. The van der Waals surface area contributed by atoms with Gasteiger partial charge in [-0.25, -0.2) is 15.0 Å². The molecule has 2 aromatic rings. The molecule has 1 aliphatic heterocycles. The lowest BCUT2D eigenvalue weighted by Crippen LogP contribution is -2.31. The summed E-state index contributed by atoms with van der Waals surface area (Å²) in [5.41, 5.74) is 3.81. The lowest BCUT2D eigenvalue weighted by molar-refractivity contribution is 0.237. The minimum atomic E-state index is 0.646. The molecule has 0 N–H and O–H groups in total. The topological polar surface area (TPSA) is 46.8 Å². The van der Waals surface area contributed by atoms with Crippen LogP contribution in [0, 0.1) is 0 Å². The van der Waals surface area contributed by atoms with Gasteiger partial charge >= 0.3 is 0 Å². The zero-order chi connectivity index (χ0) is 13.5. The fraction of sp³-hybridized carbons (Fsp3) is 0.533. The summed E-state index contributed by atoms with van der Waals surface area (Å²) < 4.78 is 2.09. The van der Waals surface area contributed by atoms with E-state index < -0.39 is 0 Å². The molecule has 2 aromatic heterocycles. The van der Waals surface area contributed by atoms with Gasteiger partial charge in [0.2, 0.25) is 0 Å². The second-order valence-electron chi connectivity index (χ2n) is 5.93. The van der Waals surface area contributed by atoms with Crippen LogP contribution in [0.3, 0.4) is 0 Å². The number of aromatic nitrogens is 4. The van der Waals surface area contributed by atoms with Crippen LogP contribution >= 0.6 is 0 Å². The average molecular weight is 269 g/mol. The molecule has 1 fully saturated rings. The molecule has 3 heterocycles. The van der Waals surface area contributed by atoms with E-state index in [-0.39, 0.29) is 0 Å². The molecule has 0 atom stereocenters. The number of rotatable bonds is 3. The van der Waals surface area contributed by atoms with Crippen LogP contribution in [-0.4, -0.2) is 31.0 Å². The summed E-state index contributed by atoms with van der Waals surface area (Å²) in [7, 11) is 2.05. The van der Waals surface area contributed by atoms with Crippen LogP contribution in [0.5, 0.6) is 0 Å². The maximum absolute atomic E-state index is 4.77.